The number of anilines is 1. The van der Waals surface area contributed by atoms with E-state index < -0.39 is 0 Å². The molecule has 0 aliphatic heterocycles. The number of hydrogen-bond donors (Lipinski definition) is 1. The van der Waals surface area contributed by atoms with Gasteiger partial charge in [-0.3, -0.25) is 0 Å². The van der Waals surface area contributed by atoms with E-state index in [-0.39, 0.29) is 17.9 Å². The van der Waals surface area contributed by atoms with E-state index in [1.165, 1.54) is 4.88 Å². The van der Waals surface area contributed by atoms with E-state index in [1.54, 1.807) is 17.4 Å². The van der Waals surface area contributed by atoms with Gasteiger partial charge >= 0.3 is 0 Å². The van der Waals surface area contributed by atoms with Crippen LogP contribution >= 0.6 is 11.3 Å². The van der Waals surface area contributed by atoms with Crippen LogP contribution in [0.15, 0.2) is 35.7 Å². The molecule has 2 atom stereocenters. The van der Waals surface area contributed by atoms with Crippen LogP contribution in [-0.4, -0.2) is 14.1 Å². The SMILES string of the molecule is CNC(C)c1ccc(N(C)C(C)c2cccs2)c(F)c1. The molecule has 1 aromatic heterocycles. The molecule has 0 spiro atoms. The molecule has 0 fully saturated rings. The number of rotatable bonds is 5. The third kappa shape index (κ3) is 3.02. The zero-order chi connectivity index (χ0) is 14.7. The van der Waals surface area contributed by atoms with Gasteiger partial charge in [0.2, 0.25) is 0 Å². The smallest absolute Gasteiger partial charge is 0.146 e. The van der Waals surface area contributed by atoms with E-state index >= 15 is 0 Å². The predicted octanol–water partition coefficient (Wildman–Crippen LogP) is 4.37. The lowest BCUT2D eigenvalue weighted by atomic mass is 10.1. The Labute approximate surface area is 124 Å². The van der Waals surface area contributed by atoms with Crippen molar-refractivity contribution in [2.75, 3.05) is 19.0 Å². The molecule has 0 aliphatic rings. The average Bonchev–Trinajstić information content (AvgIpc) is 2.99. The molecule has 0 bridgehead atoms. The highest BCUT2D eigenvalue weighted by atomic mass is 32.1. The van der Waals surface area contributed by atoms with Crippen molar-refractivity contribution >= 4 is 17.0 Å². The lowest BCUT2D eigenvalue weighted by Gasteiger charge is -2.27. The van der Waals surface area contributed by atoms with Crippen molar-refractivity contribution in [3.05, 3.63) is 52.0 Å². The lowest BCUT2D eigenvalue weighted by molar-refractivity contribution is 0.598. The number of halogens is 1. The molecule has 2 rings (SSSR count). The maximum Gasteiger partial charge on any atom is 0.146 e. The maximum atomic E-state index is 14.3. The first-order valence-electron chi connectivity index (χ1n) is 6.77. The van der Waals surface area contributed by atoms with Gasteiger partial charge < -0.3 is 10.2 Å². The minimum absolute atomic E-state index is 0.151. The summed E-state index contributed by atoms with van der Waals surface area (Å²) in [7, 11) is 3.81. The highest BCUT2D eigenvalue weighted by Gasteiger charge is 2.17. The Balaban J connectivity index is 2.24. The van der Waals surface area contributed by atoms with Crippen LogP contribution in [0.2, 0.25) is 0 Å². The molecular weight excluding hydrogens is 271 g/mol. The first-order chi connectivity index (χ1) is 9.54. The van der Waals surface area contributed by atoms with Crippen molar-refractivity contribution in [3.8, 4) is 0 Å². The number of benzene rings is 1. The van der Waals surface area contributed by atoms with Gasteiger partial charge in [-0.15, -0.1) is 11.3 Å². The van der Waals surface area contributed by atoms with E-state index in [4.69, 9.17) is 0 Å². The van der Waals surface area contributed by atoms with E-state index in [9.17, 15) is 4.39 Å². The van der Waals surface area contributed by atoms with E-state index in [1.807, 2.05) is 49.5 Å². The summed E-state index contributed by atoms with van der Waals surface area (Å²) in [5, 5.41) is 5.17. The van der Waals surface area contributed by atoms with E-state index in [0.29, 0.717) is 5.69 Å². The third-order valence-corrected chi connectivity index (χ3v) is 4.86. The van der Waals surface area contributed by atoms with Gasteiger partial charge in [-0.2, -0.15) is 0 Å². The summed E-state index contributed by atoms with van der Waals surface area (Å²) in [6.07, 6.45) is 0. The van der Waals surface area contributed by atoms with Crippen LogP contribution in [0.4, 0.5) is 10.1 Å². The number of thiophene rings is 1. The normalized spacial score (nSPS) is 14.1. The zero-order valence-electron chi connectivity index (χ0n) is 12.4. The molecule has 4 heteroatoms. The number of nitrogens with one attached hydrogen (secondary N) is 1. The summed E-state index contributed by atoms with van der Waals surface area (Å²) in [5.41, 5.74) is 1.60. The minimum atomic E-state index is -0.171. The molecule has 108 valence electrons. The fraction of sp³-hybridized carbons (Fsp3) is 0.375. The Hall–Kier alpha value is -1.39. The van der Waals surface area contributed by atoms with E-state index in [2.05, 4.69) is 18.3 Å². The quantitative estimate of drug-likeness (QED) is 0.880. The van der Waals surface area contributed by atoms with Crippen molar-refractivity contribution < 1.29 is 4.39 Å². The van der Waals surface area contributed by atoms with Gasteiger partial charge in [0, 0.05) is 18.0 Å². The Morgan fingerprint density at radius 3 is 2.55 bits per heavy atom. The summed E-state index contributed by atoms with van der Waals surface area (Å²) in [6, 6.07) is 9.89. The van der Waals surface area contributed by atoms with Gasteiger partial charge in [-0.25, -0.2) is 4.39 Å². The first kappa shape index (κ1) is 15.0. The molecule has 2 unspecified atom stereocenters. The largest absolute Gasteiger partial charge is 0.365 e. The second-order valence-electron chi connectivity index (χ2n) is 5.02. The second-order valence-corrected chi connectivity index (χ2v) is 6.00. The molecule has 1 heterocycles. The van der Waals surface area contributed by atoms with Gasteiger partial charge in [-0.1, -0.05) is 12.1 Å². The van der Waals surface area contributed by atoms with Crippen LogP contribution in [0.25, 0.3) is 0 Å². The number of hydrogen-bond acceptors (Lipinski definition) is 3. The molecule has 2 nitrogen and oxygen atoms in total. The maximum absolute atomic E-state index is 14.3. The first-order valence-corrected chi connectivity index (χ1v) is 7.65. The van der Waals surface area contributed by atoms with Gasteiger partial charge in [0.25, 0.3) is 0 Å². The molecule has 1 aromatic carbocycles. The van der Waals surface area contributed by atoms with E-state index in [0.717, 1.165) is 5.56 Å². The highest BCUT2D eigenvalue weighted by Crippen LogP contribution is 2.30. The van der Waals surface area contributed by atoms with Gasteiger partial charge in [0.05, 0.1) is 11.7 Å². The van der Waals surface area contributed by atoms with Crippen molar-refractivity contribution in [2.45, 2.75) is 25.9 Å². The van der Waals surface area contributed by atoms with Gasteiger partial charge in [-0.05, 0) is 50.0 Å². The van der Waals surface area contributed by atoms with Crippen LogP contribution in [0, 0.1) is 5.82 Å². The second kappa shape index (κ2) is 6.37. The fourth-order valence-corrected chi connectivity index (χ4v) is 3.00. The molecule has 1 N–H and O–H groups in total. The van der Waals surface area contributed by atoms with Crippen LogP contribution in [0.3, 0.4) is 0 Å². The van der Waals surface area contributed by atoms with Gasteiger partial charge in [0.1, 0.15) is 5.82 Å². The Kier molecular flexibility index (Phi) is 4.78. The molecular formula is C16H21FN2S. The molecule has 0 saturated carbocycles. The fourth-order valence-electron chi connectivity index (χ4n) is 2.17. The monoisotopic (exact) mass is 292 g/mol. The van der Waals surface area contributed by atoms with Crippen LogP contribution < -0.4 is 10.2 Å². The van der Waals surface area contributed by atoms with Crippen LogP contribution in [-0.2, 0) is 0 Å². The molecule has 0 amide bonds. The summed E-state index contributed by atoms with van der Waals surface area (Å²) < 4.78 is 14.3. The number of nitrogens with zero attached hydrogens (tertiary/aromatic N) is 1. The Bertz CT molecular complexity index is 554. The molecule has 2 aromatic rings. The summed E-state index contributed by atoms with van der Waals surface area (Å²) >= 11 is 1.70. The highest BCUT2D eigenvalue weighted by molar-refractivity contribution is 7.10. The van der Waals surface area contributed by atoms with Crippen molar-refractivity contribution in [2.24, 2.45) is 0 Å². The summed E-state index contributed by atoms with van der Waals surface area (Å²) in [4.78, 5) is 3.22. The average molecular weight is 292 g/mol. The van der Waals surface area contributed by atoms with Gasteiger partial charge in [0.15, 0.2) is 0 Å². The van der Waals surface area contributed by atoms with Crippen molar-refractivity contribution in [1.82, 2.24) is 5.32 Å². The van der Waals surface area contributed by atoms with Crippen molar-refractivity contribution in [3.63, 3.8) is 0 Å². The minimum Gasteiger partial charge on any atom is -0.365 e. The topological polar surface area (TPSA) is 15.3 Å². The molecule has 20 heavy (non-hydrogen) atoms. The third-order valence-electron chi connectivity index (χ3n) is 3.82. The molecule has 0 aliphatic carbocycles. The predicted molar refractivity (Wildman–Crippen MR) is 85.0 cm³/mol. The molecule has 0 saturated heterocycles. The summed E-state index contributed by atoms with van der Waals surface area (Å²) in [5.74, 6) is -0.171. The van der Waals surface area contributed by atoms with Crippen molar-refractivity contribution in [1.29, 1.82) is 0 Å². The Morgan fingerprint density at radius 2 is 2.00 bits per heavy atom. The standard InChI is InChI=1S/C16H21FN2S/c1-11(18-3)13-7-8-15(14(17)10-13)19(4)12(2)16-6-5-9-20-16/h5-12,18H,1-4H3. The van der Waals surface area contributed by atoms with Crippen LogP contribution in [0.1, 0.15) is 36.4 Å². The van der Waals surface area contributed by atoms with Crippen LogP contribution in [0.5, 0.6) is 0 Å². The summed E-state index contributed by atoms with van der Waals surface area (Å²) in [6.45, 7) is 4.11. The Morgan fingerprint density at radius 1 is 1.25 bits per heavy atom. The molecule has 0 radical (unpaired) electrons. The zero-order valence-corrected chi connectivity index (χ0v) is 13.2. The lowest BCUT2D eigenvalue weighted by Crippen LogP contribution is -2.22.